The van der Waals surface area contributed by atoms with E-state index < -0.39 is 0 Å². The summed E-state index contributed by atoms with van der Waals surface area (Å²) in [5.74, 6) is 0.280. The summed E-state index contributed by atoms with van der Waals surface area (Å²) in [6.45, 7) is 3.79. The van der Waals surface area contributed by atoms with Gasteiger partial charge in [0.05, 0.1) is 0 Å². The van der Waals surface area contributed by atoms with Crippen molar-refractivity contribution in [3.63, 3.8) is 0 Å². The van der Waals surface area contributed by atoms with Crippen molar-refractivity contribution >= 4 is 32.5 Å². The molecule has 0 fully saturated rings. The first-order valence-corrected chi connectivity index (χ1v) is 8.16. The van der Waals surface area contributed by atoms with Crippen LogP contribution in [0.3, 0.4) is 0 Å². The molecule has 0 heterocycles. The highest BCUT2D eigenvalue weighted by Crippen LogP contribution is 2.35. The van der Waals surface area contributed by atoms with Crippen LogP contribution in [0.2, 0.25) is 0 Å². The van der Waals surface area contributed by atoms with Crippen LogP contribution in [0.4, 0.5) is 0 Å². The Morgan fingerprint density at radius 2 is 1.50 bits per heavy atom. The maximum atomic E-state index is 11.9. The third-order valence-corrected chi connectivity index (χ3v) is 4.87. The van der Waals surface area contributed by atoms with Gasteiger partial charge in [0.15, 0.2) is 5.78 Å². The predicted molar refractivity (Wildman–Crippen MR) is 95.6 cm³/mol. The molecule has 3 aromatic carbocycles. The Morgan fingerprint density at radius 1 is 0.864 bits per heavy atom. The molecule has 0 radical (unpaired) electrons. The summed E-state index contributed by atoms with van der Waals surface area (Å²) in [6, 6.07) is 20.5. The number of benzene rings is 3. The highest BCUT2D eigenvalue weighted by atomic mass is 79.9. The standard InChI is InChI=1S/C20H17BrO/c1-13(15-7-3-4-8-17(15)14(2)22)16-11-12-20(21)19-10-6-5-9-18(16)19/h3-13H,1-2H3/t13-/m0/s1. The first-order valence-electron chi connectivity index (χ1n) is 7.36. The number of carbonyl (C=O) groups is 1. The summed E-state index contributed by atoms with van der Waals surface area (Å²) in [5, 5.41) is 2.43. The SMILES string of the molecule is CC(=O)c1ccccc1[C@H](C)c1ccc(Br)c2ccccc12. The molecule has 110 valence electrons. The number of ketones is 1. The fourth-order valence-corrected chi connectivity index (χ4v) is 3.50. The van der Waals surface area contributed by atoms with Gasteiger partial charge in [0.25, 0.3) is 0 Å². The molecule has 0 saturated heterocycles. The summed E-state index contributed by atoms with van der Waals surface area (Å²) >= 11 is 3.62. The van der Waals surface area contributed by atoms with E-state index in [1.807, 2.05) is 24.3 Å². The topological polar surface area (TPSA) is 17.1 Å². The second-order valence-corrected chi connectivity index (χ2v) is 6.40. The molecular weight excluding hydrogens is 336 g/mol. The van der Waals surface area contributed by atoms with E-state index in [4.69, 9.17) is 0 Å². The number of fused-ring (bicyclic) bond motifs is 1. The van der Waals surface area contributed by atoms with Gasteiger partial charge in [-0.3, -0.25) is 4.79 Å². The molecule has 0 aliphatic carbocycles. The second-order valence-electron chi connectivity index (χ2n) is 5.55. The Morgan fingerprint density at radius 3 is 2.23 bits per heavy atom. The van der Waals surface area contributed by atoms with E-state index in [0.29, 0.717) is 0 Å². The Kier molecular flexibility index (Phi) is 4.12. The molecule has 1 atom stereocenters. The summed E-state index contributed by atoms with van der Waals surface area (Å²) in [7, 11) is 0. The normalized spacial score (nSPS) is 12.3. The summed E-state index contributed by atoms with van der Waals surface area (Å²) in [4.78, 5) is 11.9. The van der Waals surface area contributed by atoms with Gasteiger partial charge in [0.2, 0.25) is 0 Å². The van der Waals surface area contributed by atoms with Crippen molar-refractivity contribution in [2.24, 2.45) is 0 Å². The molecule has 22 heavy (non-hydrogen) atoms. The number of Topliss-reactive ketones (excluding diaryl/α,β-unsaturated/α-hetero) is 1. The predicted octanol–water partition coefficient (Wildman–Crippen LogP) is 5.96. The van der Waals surface area contributed by atoms with Crippen LogP contribution in [-0.4, -0.2) is 5.78 Å². The molecule has 0 aliphatic rings. The van der Waals surface area contributed by atoms with E-state index >= 15 is 0 Å². The minimum atomic E-state index is 0.115. The van der Waals surface area contributed by atoms with E-state index in [-0.39, 0.29) is 11.7 Å². The van der Waals surface area contributed by atoms with Gasteiger partial charge in [-0.1, -0.05) is 77.5 Å². The van der Waals surface area contributed by atoms with E-state index in [1.54, 1.807) is 6.92 Å². The average molecular weight is 353 g/mol. The zero-order chi connectivity index (χ0) is 15.7. The molecular formula is C20H17BrO. The van der Waals surface area contributed by atoms with Gasteiger partial charge < -0.3 is 0 Å². The van der Waals surface area contributed by atoms with Crippen molar-refractivity contribution in [3.8, 4) is 0 Å². The molecule has 0 N–H and O–H groups in total. The molecule has 3 rings (SSSR count). The molecule has 0 saturated carbocycles. The van der Waals surface area contributed by atoms with E-state index in [0.717, 1.165) is 15.6 Å². The summed E-state index contributed by atoms with van der Waals surface area (Å²) in [5.41, 5.74) is 3.14. The lowest BCUT2D eigenvalue weighted by molar-refractivity contribution is 0.101. The van der Waals surface area contributed by atoms with Crippen LogP contribution in [-0.2, 0) is 0 Å². The second kappa shape index (κ2) is 6.05. The minimum Gasteiger partial charge on any atom is -0.295 e. The number of halogens is 1. The van der Waals surface area contributed by atoms with Crippen molar-refractivity contribution in [2.45, 2.75) is 19.8 Å². The van der Waals surface area contributed by atoms with Crippen molar-refractivity contribution in [3.05, 3.63) is 81.8 Å². The van der Waals surface area contributed by atoms with Crippen LogP contribution < -0.4 is 0 Å². The lowest BCUT2D eigenvalue weighted by Gasteiger charge is -2.18. The molecule has 0 amide bonds. The molecule has 1 nitrogen and oxygen atoms in total. The van der Waals surface area contributed by atoms with Crippen LogP contribution in [0.15, 0.2) is 65.1 Å². The van der Waals surface area contributed by atoms with Crippen LogP contribution in [0, 0.1) is 0 Å². The fourth-order valence-electron chi connectivity index (χ4n) is 3.03. The van der Waals surface area contributed by atoms with Crippen molar-refractivity contribution in [1.82, 2.24) is 0 Å². The molecule has 0 aliphatic heterocycles. The van der Waals surface area contributed by atoms with Gasteiger partial charge in [0, 0.05) is 16.0 Å². The number of carbonyl (C=O) groups excluding carboxylic acids is 1. The number of hydrogen-bond donors (Lipinski definition) is 0. The van der Waals surface area contributed by atoms with Crippen molar-refractivity contribution < 1.29 is 4.79 Å². The highest BCUT2D eigenvalue weighted by molar-refractivity contribution is 9.10. The number of hydrogen-bond acceptors (Lipinski definition) is 1. The quantitative estimate of drug-likeness (QED) is 0.531. The smallest absolute Gasteiger partial charge is 0.160 e. The fraction of sp³-hybridized carbons (Fsp3) is 0.150. The minimum absolute atomic E-state index is 0.115. The Bertz CT molecular complexity index is 851. The summed E-state index contributed by atoms with van der Waals surface area (Å²) < 4.78 is 1.10. The lowest BCUT2D eigenvalue weighted by atomic mass is 9.86. The molecule has 0 spiro atoms. The first kappa shape index (κ1) is 15.0. The van der Waals surface area contributed by atoms with Gasteiger partial charge in [-0.2, -0.15) is 0 Å². The van der Waals surface area contributed by atoms with Crippen molar-refractivity contribution in [2.75, 3.05) is 0 Å². The van der Waals surface area contributed by atoms with Crippen LogP contribution >= 0.6 is 15.9 Å². The monoisotopic (exact) mass is 352 g/mol. The van der Waals surface area contributed by atoms with Crippen molar-refractivity contribution in [1.29, 1.82) is 0 Å². The molecule has 2 heteroatoms. The Balaban J connectivity index is 2.20. The maximum Gasteiger partial charge on any atom is 0.160 e. The van der Waals surface area contributed by atoms with Gasteiger partial charge in [-0.05, 0) is 34.9 Å². The lowest BCUT2D eigenvalue weighted by Crippen LogP contribution is -2.05. The zero-order valence-corrected chi connectivity index (χ0v) is 14.2. The Hall–Kier alpha value is -1.93. The Labute approximate surface area is 139 Å². The maximum absolute atomic E-state index is 11.9. The van der Waals surface area contributed by atoms with Gasteiger partial charge in [-0.25, -0.2) is 0 Å². The van der Waals surface area contributed by atoms with Crippen LogP contribution in [0.25, 0.3) is 10.8 Å². The highest BCUT2D eigenvalue weighted by Gasteiger charge is 2.17. The first-order chi connectivity index (χ1) is 10.6. The zero-order valence-electron chi connectivity index (χ0n) is 12.6. The van der Waals surface area contributed by atoms with Crippen LogP contribution in [0.1, 0.15) is 41.3 Å². The van der Waals surface area contributed by atoms with E-state index in [9.17, 15) is 4.79 Å². The van der Waals surface area contributed by atoms with Crippen LogP contribution in [0.5, 0.6) is 0 Å². The molecule has 0 unspecified atom stereocenters. The number of rotatable bonds is 3. The molecule has 3 aromatic rings. The third-order valence-electron chi connectivity index (χ3n) is 4.18. The van der Waals surface area contributed by atoms with Gasteiger partial charge >= 0.3 is 0 Å². The third kappa shape index (κ3) is 2.59. The molecule has 0 aromatic heterocycles. The largest absolute Gasteiger partial charge is 0.295 e. The summed E-state index contributed by atoms with van der Waals surface area (Å²) in [6.07, 6.45) is 0. The molecule has 0 bridgehead atoms. The van der Waals surface area contributed by atoms with Gasteiger partial charge in [-0.15, -0.1) is 0 Å². The van der Waals surface area contributed by atoms with Gasteiger partial charge in [0.1, 0.15) is 0 Å². The van der Waals surface area contributed by atoms with E-state index in [2.05, 4.69) is 59.3 Å². The average Bonchev–Trinajstić information content (AvgIpc) is 2.55. The van der Waals surface area contributed by atoms with E-state index in [1.165, 1.54) is 16.3 Å².